The summed E-state index contributed by atoms with van der Waals surface area (Å²) in [7, 11) is -3.72. The van der Waals surface area contributed by atoms with E-state index in [-0.39, 0.29) is 10.8 Å². The predicted octanol–water partition coefficient (Wildman–Crippen LogP) is 3.41. The maximum absolute atomic E-state index is 12.4. The lowest BCUT2D eigenvalue weighted by atomic mass is 10.2. The lowest BCUT2D eigenvalue weighted by Gasteiger charge is -2.11. The van der Waals surface area contributed by atoms with Gasteiger partial charge in [0.05, 0.1) is 10.6 Å². The smallest absolute Gasteiger partial charge is 0.261 e. The zero-order valence-corrected chi connectivity index (χ0v) is 13.6. The lowest BCUT2D eigenvalue weighted by molar-refractivity contribution is -0.114. The Kier molecular flexibility index (Phi) is 4.73. The van der Waals surface area contributed by atoms with Crippen LogP contribution in [0.5, 0.6) is 0 Å². The molecule has 2 aromatic rings. The Labute approximate surface area is 134 Å². The van der Waals surface area contributed by atoms with Crippen molar-refractivity contribution in [2.75, 3.05) is 10.0 Å². The fourth-order valence-corrected chi connectivity index (χ4v) is 3.22. The third-order valence-electron chi connectivity index (χ3n) is 2.90. The van der Waals surface area contributed by atoms with Crippen LogP contribution in [0.15, 0.2) is 47.4 Å². The number of carbonyl (C=O) groups is 1. The third-order valence-corrected chi connectivity index (χ3v) is 4.51. The molecule has 5 nitrogen and oxygen atoms in total. The van der Waals surface area contributed by atoms with Crippen molar-refractivity contribution in [1.82, 2.24) is 0 Å². The van der Waals surface area contributed by atoms with Crippen LogP contribution in [0.25, 0.3) is 0 Å². The van der Waals surface area contributed by atoms with Gasteiger partial charge < -0.3 is 5.32 Å². The van der Waals surface area contributed by atoms with E-state index < -0.39 is 10.0 Å². The molecule has 0 heterocycles. The van der Waals surface area contributed by atoms with Crippen molar-refractivity contribution in [2.45, 2.75) is 18.7 Å². The van der Waals surface area contributed by atoms with Gasteiger partial charge in [0.15, 0.2) is 0 Å². The van der Waals surface area contributed by atoms with Crippen molar-refractivity contribution in [3.05, 3.63) is 53.1 Å². The molecule has 0 spiro atoms. The second-order valence-corrected chi connectivity index (χ2v) is 6.89. The second-order valence-electron chi connectivity index (χ2n) is 4.77. The largest absolute Gasteiger partial charge is 0.326 e. The summed E-state index contributed by atoms with van der Waals surface area (Å²) < 4.78 is 27.2. The van der Waals surface area contributed by atoms with E-state index in [1.165, 1.54) is 25.1 Å². The highest BCUT2D eigenvalue weighted by Crippen LogP contribution is 2.23. The van der Waals surface area contributed by atoms with Crippen LogP contribution >= 0.6 is 11.6 Å². The van der Waals surface area contributed by atoms with Gasteiger partial charge in [0.25, 0.3) is 10.0 Å². The summed E-state index contributed by atoms with van der Waals surface area (Å²) in [5.41, 5.74) is 1.62. The van der Waals surface area contributed by atoms with Crippen molar-refractivity contribution in [1.29, 1.82) is 0 Å². The Morgan fingerprint density at radius 2 is 1.86 bits per heavy atom. The highest BCUT2D eigenvalue weighted by Gasteiger charge is 2.15. The highest BCUT2D eigenvalue weighted by atomic mass is 35.5. The summed E-state index contributed by atoms with van der Waals surface area (Å²) in [4.78, 5) is 11.2. The predicted molar refractivity (Wildman–Crippen MR) is 87.7 cm³/mol. The number of hydrogen-bond donors (Lipinski definition) is 2. The minimum atomic E-state index is -3.72. The molecule has 0 radical (unpaired) electrons. The molecule has 0 aliphatic carbocycles. The van der Waals surface area contributed by atoms with Gasteiger partial charge >= 0.3 is 0 Å². The molecule has 0 unspecified atom stereocenters. The minimum absolute atomic E-state index is 0.110. The van der Waals surface area contributed by atoms with Crippen molar-refractivity contribution >= 4 is 38.9 Å². The molecule has 0 atom stereocenters. The number of halogens is 1. The first-order valence-corrected chi connectivity index (χ1v) is 8.31. The molecule has 0 saturated carbocycles. The normalized spacial score (nSPS) is 11.0. The molecule has 116 valence electrons. The van der Waals surface area contributed by atoms with Crippen LogP contribution in [0, 0.1) is 6.92 Å². The van der Waals surface area contributed by atoms with Gasteiger partial charge in [0.1, 0.15) is 0 Å². The first-order valence-electron chi connectivity index (χ1n) is 6.44. The summed E-state index contributed by atoms with van der Waals surface area (Å²) in [6.45, 7) is 3.12. The fourth-order valence-electron chi connectivity index (χ4n) is 1.90. The van der Waals surface area contributed by atoms with Gasteiger partial charge in [-0.15, -0.1) is 0 Å². The van der Waals surface area contributed by atoms with Gasteiger partial charge in [-0.2, -0.15) is 0 Å². The number of sulfonamides is 1. The van der Waals surface area contributed by atoms with Crippen molar-refractivity contribution in [2.24, 2.45) is 0 Å². The van der Waals surface area contributed by atoms with E-state index in [0.29, 0.717) is 22.0 Å². The van der Waals surface area contributed by atoms with Crippen molar-refractivity contribution < 1.29 is 13.2 Å². The highest BCUT2D eigenvalue weighted by molar-refractivity contribution is 7.92. The molecule has 0 aromatic heterocycles. The molecule has 7 heteroatoms. The van der Waals surface area contributed by atoms with Gasteiger partial charge in [-0.05, 0) is 48.9 Å². The first kappa shape index (κ1) is 16.3. The van der Waals surface area contributed by atoms with Crippen LogP contribution < -0.4 is 10.0 Å². The van der Waals surface area contributed by atoms with Gasteiger partial charge in [-0.25, -0.2) is 8.42 Å². The average Bonchev–Trinajstić information content (AvgIpc) is 2.40. The number of nitrogens with one attached hydrogen (secondary N) is 2. The van der Waals surface area contributed by atoms with E-state index in [9.17, 15) is 13.2 Å². The van der Waals surface area contributed by atoms with Gasteiger partial charge in [0, 0.05) is 17.6 Å². The van der Waals surface area contributed by atoms with E-state index in [1.54, 1.807) is 31.2 Å². The minimum Gasteiger partial charge on any atom is -0.326 e. The Bertz CT molecular complexity index is 819. The van der Waals surface area contributed by atoms with Crippen LogP contribution in [0.4, 0.5) is 11.4 Å². The Balaban J connectivity index is 2.30. The molecule has 0 bridgehead atoms. The molecule has 0 aliphatic heterocycles. The number of carbonyl (C=O) groups excluding carboxylic acids is 1. The SMILES string of the molecule is CC(=O)Nc1ccc(S(=O)(=O)Nc2cccc(Cl)c2)cc1C. The molecular formula is C15H15ClN2O3S. The van der Waals surface area contributed by atoms with Crippen LogP contribution in [-0.2, 0) is 14.8 Å². The number of rotatable bonds is 4. The molecule has 2 N–H and O–H groups in total. The number of amides is 1. The fraction of sp³-hybridized carbons (Fsp3) is 0.133. The number of anilines is 2. The van der Waals surface area contributed by atoms with Gasteiger partial charge in [-0.3, -0.25) is 9.52 Å². The Morgan fingerprint density at radius 3 is 2.45 bits per heavy atom. The van der Waals surface area contributed by atoms with Gasteiger partial charge in [-0.1, -0.05) is 17.7 Å². The molecule has 2 rings (SSSR count). The molecule has 0 fully saturated rings. The summed E-state index contributed by atoms with van der Waals surface area (Å²) in [6, 6.07) is 10.9. The Hall–Kier alpha value is -2.05. The molecular weight excluding hydrogens is 324 g/mol. The topological polar surface area (TPSA) is 75.3 Å². The average molecular weight is 339 g/mol. The maximum Gasteiger partial charge on any atom is 0.261 e. The zero-order chi connectivity index (χ0) is 16.3. The standard InChI is InChI=1S/C15H15ClN2O3S/c1-10-8-14(6-7-15(10)17-11(2)19)22(20,21)18-13-5-3-4-12(16)9-13/h3-9,18H,1-2H3,(H,17,19). The van der Waals surface area contributed by atoms with E-state index in [4.69, 9.17) is 11.6 Å². The lowest BCUT2D eigenvalue weighted by Crippen LogP contribution is -2.14. The molecule has 1 amide bonds. The van der Waals surface area contributed by atoms with Crippen LogP contribution in [-0.4, -0.2) is 14.3 Å². The van der Waals surface area contributed by atoms with E-state index >= 15 is 0 Å². The van der Waals surface area contributed by atoms with Crippen LogP contribution in [0.1, 0.15) is 12.5 Å². The first-order chi connectivity index (χ1) is 10.3. The van der Waals surface area contributed by atoms with Crippen LogP contribution in [0.3, 0.4) is 0 Å². The summed E-state index contributed by atoms with van der Waals surface area (Å²) in [5.74, 6) is -0.212. The summed E-state index contributed by atoms with van der Waals surface area (Å²) in [5, 5.41) is 3.08. The van der Waals surface area contributed by atoms with Crippen molar-refractivity contribution in [3.63, 3.8) is 0 Å². The monoisotopic (exact) mass is 338 g/mol. The number of hydrogen-bond acceptors (Lipinski definition) is 3. The summed E-state index contributed by atoms with van der Waals surface area (Å²) in [6.07, 6.45) is 0. The van der Waals surface area contributed by atoms with Crippen LogP contribution in [0.2, 0.25) is 5.02 Å². The number of aryl methyl sites for hydroxylation is 1. The summed E-state index contributed by atoms with van der Waals surface area (Å²) >= 11 is 5.84. The van der Waals surface area contributed by atoms with Gasteiger partial charge in [0.2, 0.25) is 5.91 Å². The quantitative estimate of drug-likeness (QED) is 0.897. The van der Waals surface area contributed by atoms with E-state index in [2.05, 4.69) is 10.0 Å². The Morgan fingerprint density at radius 1 is 1.14 bits per heavy atom. The van der Waals surface area contributed by atoms with E-state index in [0.717, 1.165) is 0 Å². The number of benzene rings is 2. The van der Waals surface area contributed by atoms with E-state index in [1.807, 2.05) is 0 Å². The zero-order valence-electron chi connectivity index (χ0n) is 12.1. The molecule has 0 aliphatic rings. The maximum atomic E-state index is 12.4. The molecule has 22 heavy (non-hydrogen) atoms. The molecule has 2 aromatic carbocycles. The molecule has 0 saturated heterocycles. The second kappa shape index (κ2) is 6.37. The van der Waals surface area contributed by atoms with Crippen molar-refractivity contribution in [3.8, 4) is 0 Å². The third kappa shape index (κ3) is 3.99.